The van der Waals surface area contributed by atoms with Gasteiger partial charge in [0.2, 0.25) is 0 Å². The summed E-state index contributed by atoms with van der Waals surface area (Å²) >= 11 is 1.90. The number of benzene rings is 9. The van der Waals surface area contributed by atoms with Crippen LogP contribution in [-0.2, 0) is 0 Å². The second-order valence-electron chi connectivity index (χ2n) is 15.8. The summed E-state index contributed by atoms with van der Waals surface area (Å²) in [6, 6.07) is 83.0. The van der Waals surface area contributed by atoms with Gasteiger partial charge < -0.3 is 0 Å². The summed E-state index contributed by atoms with van der Waals surface area (Å²) in [5.74, 6) is 0.213. The Balaban J connectivity index is 1.18. The van der Waals surface area contributed by atoms with Crippen molar-refractivity contribution in [3.63, 3.8) is 0 Å². The molecule has 0 fully saturated rings. The molecule has 0 saturated carbocycles. The van der Waals surface area contributed by atoms with Crippen LogP contribution in [0.25, 0.3) is 42.4 Å². The van der Waals surface area contributed by atoms with Gasteiger partial charge in [-0.15, -0.1) is 11.3 Å². The van der Waals surface area contributed by atoms with Crippen LogP contribution in [-0.4, -0.2) is 8.07 Å². The number of hydrogen-bond donors (Lipinski definition) is 0. The second kappa shape index (κ2) is 13.2. The summed E-state index contributed by atoms with van der Waals surface area (Å²) in [6.45, 7) is 0. The topological polar surface area (TPSA) is 0 Å². The lowest BCUT2D eigenvalue weighted by atomic mass is 9.60. The van der Waals surface area contributed by atoms with E-state index in [1.165, 1.54) is 96.6 Å². The maximum absolute atomic E-state index is 2.95. The van der Waals surface area contributed by atoms with E-state index >= 15 is 0 Å². The van der Waals surface area contributed by atoms with Crippen molar-refractivity contribution in [3.05, 3.63) is 252 Å². The minimum atomic E-state index is -2.95. The van der Waals surface area contributed by atoms with Crippen molar-refractivity contribution in [3.8, 4) is 22.3 Å². The van der Waals surface area contributed by atoms with Crippen molar-refractivity contribution in [1.82, 2.24) is 0 Å². The van der Waals surface area contributed by atoms with Crippen molar-refractivity contribution in [2.75, 3.05) is 0 Å². The molecule has 0 amide bonds. The highest BCUT2D eigenvalue weighted by atomic mass is 32.1. The van der Waals surface area contributed by atoms with Crippen LogP contribution in [0.1, 0.15) is 45.2 Å². The van der Waals surface area contributed by atoms with Crippen LogP contribution in [0.15, 0.2) is 218 Å². The van der Waals surface area contributed by atoms with Crippen LogP contribution in [0.5, 0.6) is 0 Å². The van der Waals surface area contributed by atoms with Crippen LogP contribution in [0, 0.1) is 0 Å². The van der Waals surface area contributed by atoms with Crippen molar-refractivity contribution in [2.24, 2.45) is 0 Å². The zero-order valence-electron chi connectivity index (χ0n) is 31.8. The third kappa shape index (κ3) is 4.80. The number of fused-ring (bicyclic) bond motifs is 3. The Morgan fingerprint density at radius 1 is 0.328 bits per heavy atom. The molecule has 2 atom stereocenters. The van der Waals surface area contributed by atoms with Gasteiger partial charge in [0.05, 0.1) is 0 Å². The Morgan fingerprint density at radius 2 is 0.828 bits per heavy atom. The number of thiophene rings is 1. The van der Waals surface area contributed by atoms with E-state index in [0.29, 0.717) is 0 Å². The van der Waals surface area contributed by atoms with Gasteiger partial charge in [0.15, 0.2) is 8.07 Å². The van der Waals surface area contributed by atoms with Crippen molar-refractivity contribution >= 4 is 60.3 Å². The van der Waals surface area contributed by atoms with E-state index in [1.807, 2.05) is 11.3 Å². The van der Waals surface area contributed by atoms with E-state index in [9.17, 15) is 0 Å². The first kappa shape index (κ1) is 33.5. The molecule has 0 nitrogen and oxygen atoms in total. The molecule has 272 valence electrons. The van der Waals surface area contributed by atoms with Crippen molar-refractivity contribution < 1.29 is 0 Å². The van der Waals surface area contributed by atoms with E-state index in [0.717, 1.165) is 0 Å². The van der Waals surface area contributed by atoms with E-state index < -0.39 is 8.07 Å². The average Bonchev–Trinajstić information content (AvgIpc) is 3.69. The van der Waals surface area contributed by atoms with Gasteiger partial charge in [0, 0.05) is 32.0 Å². The molecule has 58 heavy (non-hydrogen) atoms. The molecule has 0 spiro atoms. The molecule has 2 heteroatoms. The highest BCUT2D eigenvalue weighted by molar-refractivity contribution is 7.26. The number of rotatable bonds is 6. The molecule has 9 aromatic carbocycles. The first-order valence-electron chi connectivity index (χ1n) is 20.3. The molecule has 0 saturated heterocycles. The van der Waals surface area contributed by atoms with Gasteiger partial charge in [-0.3, -0.25) is 0 Å². The molecule has 1 aromatic heterocycles. The molecule has 2 unspecified atom stereocenters. The fourth-order valence-corrected chi connectivity index (χ4v) is 16.9. The fraction of sp³-hybridized carbons (Fsp3) is 0.0357. The summed E-state index contributed by atoms with van der Waals surface area (Å²) < 4.78 is 2.69. The molecular weight excluding hydrogens is 733 g/mol. The van der Waals surface area contributed by atoms with Crippen LogP contribution >= 0.6 is 11.3 Å². The normalized spacial score (nSPS) is 15.2. The summed E-state index contributed by atoms with van der Waals surface area (Å²) in [4.78, 5) is 0. The SMILES string of the molecule is c1ccc(-c2ccc([Si](c3ccccc3)(c3ccccc3)c3cccc4c3C3c5ccccc5C4c4cccc(-c5cccc6sc7ccccc7c56)c43)cc2)cc1. The Bertz CT molecular complexity index is 3120. The average molecular weight is 771 g/mol. The molecule has 0 N–H and O–H groups in total. The molecule has 10 aromatic rings. The van der Waals surface area contributed by atoms with Crippen molar-refractivity contribution in [1.29, 1.82) is 0 Å². The second-order valence-corrected chi connectivity index (χ2v) is 20.7. The Hall–Kier alpha value is -6.58. The zero-order valence-corrected chi connectivity index (χ0v) is 33.7. The van der Waals surface area contributed by atoms with Gasteiger partial charge in [-0.05, 0) is 88.5 Å². The summed E-state index contributed by atoms with van der Waals surface area (Å²) in [5, 5.41) is 8.40. The van der Waals surface area contributed by atoms with Gasteiger partial charge in [-0.2, -0.15) is 0 Å². The summed E-state index contributed by atoms with van der Waals surface area (Å²) in [5.41, 5.74) is 13.9. The highest BCUT2D eigenvalue weighted by Gasteiger charge is 2.49. The lowest BCUT2D eigenvalue weighted by Crippen LogP contribution is -2.75. The third-order valence-electron chi connectivity index (χ3n) is 13.0. The van der Waals surface area contributed by atoms with Gasteiger partial charge in [-0.1, -0.05) is 206 Å². The Labute approximate surface area is 344 Å². The van der Waals surface area contributed by atoms with Crippen LogP contribution in [0.3, 0.4) is 0 Å². The maximum atomic E-state index is 2.51. The first-order chi connectivity index (χ1) is 28.8. The zero-order chi connectivity index (χ0) is 38.2. The van der Waals surface area contributed by atoms with E-state index in [2.05, 4.69) is 218 Å². The highest BCUT2D eigenvalue weighted by Crippen LogP contribution is 2.58. The van der Waals surface area contributed by atoms with Crippen LogP contribution < -0.4 is 20.7 Å². The van der Waals surface area contributed by atoms with Crippen LogP contribution in [0.2, 0.25) is 0 Å². The molecule has 3 aliphatic rings. The monoisotopic (exact) mass is 770 g/mol. The van der Waals surface area contributed by atoms with E-state index in [-0.39, 0.29) is 11.8 Å². The van der Waals surface area contributed by atoms with Gasteiger partial charge >= 0.3 is 0 Å². The summed E-state index contributed by atoms with van der Waals surface area (Å²) in [7, 11) is -2.95. The van der Waals surface area contributed by atoms with E-state index in [4.69, 9.17) is 0 Å². The minimum Gasteiger partial charge on any atom is -0.135 e. The summed E-state index contributed by atoms with van der Waals surface area (Å²) in [6.07, 6.45) is 0. The molecule has 0 aliphatic heterocycles. The minimum absolute atomic E-state index is 0.0710. The maximum Gasteiger partial charge on any atom is 0.179 e. The van der Waals surface area contributed by atoms with Crippen molar-refractivity contribution in [2.45, 2.75) is 11.8 Å². The Morgan fingerprint density at radius 3 is 1.55 bits per heavy atom. The largest absolute Gasteiger partial charge is 0.179 e. The van der Waals surface area contributed by atoms with Crippen LogP contribution in [0.4, 0.5) is 0 Å². The number of hydrogen-bond acceptors (Lipinski definition) is 1. The molecular formula is C56H38SSi. The molecule has 13 rings (SSSR count). The predicted octanol–water partition coefficient (Wildman–Crippen LogP) is 11.8. The lowest BCUT2D eigenvalue weighted by molar-refractivity contribution is 0.760. The van der Waals surface area contributed by atoms with Gasteiger partial charge in [-0.25, -0.2) is 0 Å². The molecule has 3 aliphatic carbocycles. The Kier molecular flexibility index (Phi) is 7.66. The van der Waals surface area contributed by atoms with E-state index in [1.54, 1.807) is 0 Å². The molecule has 0 radical (unpaired) electrons. The standard InChI is InChI=1S/C56H38SSi/c1-4-17-37(18-5-1)38-33-35-41(36-34-38)58(39-19-6-2-7-20-39,40-21-8-3-9-22-40)51-32-16-29-48-52-42-23-10-11-24-45(42)56(55(48)51)54-44(26-14-28-47(52)54)43-27-15-31-50-53(43)46-25-12-13-30-49(46)57-50/h1-36,52,56H. The van der Waals surface area contributed by atoms with Gasteiger partial charge in [0.1, 0.15) is 0 Å². The molecule has 1 heterocycles. The van der Waals surface area contributed by atoms with Gasteiger partial charge in [0.25, 0.3) is 0 Å². The first-order valence-corrected chi connectivity index (χ1v) is 23.1. The smallest absolute Gasteiger partial charge is 0.135 e. The lowest BCUT2D eigenvalue weighted by Gasteiger charge is -2.47. The fourth-order valence-electron chi connectivity index (χ4n) is 10.8. The predicted molar refractivity (Wildman–Crippen MR) is 249 cm³/mol. The third-order valence-corrected chi connectivity index (χ3v) is 19.0. The molecule has 2 bridgehead atoms. The quantitative estimate of drug-likeness (QED) is 0.117.